The number of aryl methyl sites for hydroxylation is 2. The molecular formula is C31H53BrO. The molecular weight excluding hydrogens is 468 g/mol. The smallest absolute Gasteiger partial charge is 0.150 e. The largest absolute Gasteiger partial charge is 0.298 e. The summed E-state index contributed by atoms with van der Waals surface area (Å²) >= 11 is 3.79. The van der Waals surface area contributed by atoms with Crippen molar-refractivity contribution in [2.75, 3.05) is 0 Å². The number of rotatable bonds is 23. The number of hydrogen-bond acceptors (Lipinski definition) is 1. The van der Waals surface area contributed by atoms with Crippen molar-refractivity contribution in [2.24, 2.45) is 0 Å². The zero-order chi connectivity index (χ0) is 24.0. The third kappa shape index (κ3) is 15.8. The predicted molar refractivity (Wildman–Crippen MR) is 151 cm³/mol. The molecule has 0 N–H and O–H groups in total. The van der Waals surface area contributed by atoms with Crippen LogP contribution in [0.3, 0.4) is 0 Å². The van der Waals surface area contributed by atoms with Gasteiger partial charge in [-0.15, -0.1) is 0 Å². The number of carbonyl (C=O) groups excluding carboxylic acids is 1. The van der Waals surface area contributed by atoms with Gasteiger partial charge in [0.25, 0.3) is 0 Å². The van der Waals surface area contributed by atoms with Crippen molar-refractivity contribution in [3.8, 4) is 0 Å². The third-order valence-electron chi connectivity index (χ3n) is 7.03. The first kappa shape index (κ1) is 30.4. The summed E-state index contributed by atoms with van der Waals surface area (Å²) in [6.45, 7) is 4.56. The van der Waals surface area contributed by atoms with Crippen LogP contribution in [0.4, 0.5) is 0 Å². The molecule has 0 saturated carbocycles. The van der Waals surface area contributed by atoms with Crippen molar-refractivity contribution >= 4 is 22.2 Å². The maximum atomic E-state index is 11.7. The van der Waals surface area contributed by atoms with Crippen molar-refractivity contribution < 1.29 is 4.79 Å². The molecule has 1 nitrogen and oxygen atoms in total. The average Bonchev–Trinajstić information content (AvgIpc) is 2.82. The number of benzene rings is 1. The molecule has 0 fully saturated rings. The Hall–Kier alpha value is -0.630. The van der Waals surface area contributed by atoms with Gasteiger partial charge in [0, 0.05) is 10.0 Å². The molecule has 0 aliphatic rings. The van der Waals surface area contributed by atoms with E-state index in [-0.39, 0.29) is 0 Å². The molecule has 0 bridgehead atoms. The van der Waals surface area contributed by atoms with Crippen LogP contribution >= 0.6 is 15.9 Å². The summed E-state index contributed by atoms with van der Waals surface area (Å²) in [5.41, 5.74) is 3.45. The minimum Gasteiger partial charge on any atom is -0.298 e. The molecule has 0 amide bonds. The van der Waals surface area contributed by atoms with Crippen LogP contribution in [0.15, 0.2) is 16.6 Å². The van der Waals surface area contributed by atoms with Crippen LogP contribution in [-0.2, 0) is 12.8 Å². The highest BCUT2D eigenvalue weighted by Crippen LogP contribution is 2.25. The van der Waals surface area contributed by atoms with Crippen molar-refractivity contribution in [1.82, 2.24) is 0 Å². The van der Waals surface area contributed by atoms with Gasteiger partial charge in [-0.25, -0.2) is 0 Å². The van der Waals surface area contributed by atoms with Crippen LogP contribution in [0, 0.1) is 0 Å². The van der Waals surface area contributed by atoms with E-state index in [1.807, 2.05) is 0 Å². The van der Waals surface area contributed by atoms with Gasteiger partial charge in [0.1, 0.15) is 6.29 Å². The summed E-state index contributed by atoms with van der Waals surface area (Å²) in [5.74, 6) is 0. The lowest BCUT2D eigenvalue weighted by atomic mass is 9.96. The van der Waals surface area contributed by atoms with E-state index < -0.39 is 0 Å². The number of unbranched alkanes of at least 4 members (excludes halogenated alkanes) is 18. The van der Waals surface area contributed by atoms with Gasteiger partial charge in [0.15, 0.2) is 0 Å². The van der Waals surface area contributed by atoms with Crippen LogP contribution in [0.25, 0.3) is 0 Å². The maximum absolute atomic E-state index is 11.7. The van der Waals surface area contributed by atoms with E-state index in [1.165, 1.54) is 144 Å². The van der Waals surface area contributed by atoms with Crippen LogP contribution in [0.5, 0.6) is 0 Å². The zero-order valence-corrected chi connectivity index (χ0v) is 23.7. The monoisotopic (exact) mass is 520 g/mol. The summed E-state index contributed by atoms with van der Waals surface area (Å²) in [6.07, 6.45) is 30.3. The SMILES string of the molecule is CCCCCCCCCCCCc1cc(C=O)c(CCCCCCCCCCCC)cc1Br. The Morgan fingerprint density at radius 1 is 0.545 bits per heavy atom. The van der Waals surface area contributed by atoms with Crippen molar-refractivity contribution in [2.45, 2.75) is 155 Å². The molecule has 0 aromatic heterocycles. The van der Waals surface area contributed by atoms with Crippen molar-refractivity contribution in [1.29, 1.82) is 0 Å². The summed E-state index contributed by atoms with van der Waals surface area (Å²) in [4.78, 5) is 11.7. The van der Waals surface area contributed by atoms with E-state index in [1.54, 1.807) is 0 Å². The van der Waals surface area contributed by atoms with E-state index in [0.29, 0.717) is 0 Å². The number of hydrogen-bond donors (Lipinski definition) is 0. The fourth-order valence-electron chi connectivity index (χ4n) is 4.80. The van der Waals surface area contributed by atoms with E-state index >= 15 is 0 Å². The molecule has 0 atom stereocenters. The molecule has 0 radical (unpaired) electrons. The Kier molecular flexibility index (Phi) is 20.2. The van der Waals surface area contributed by atoms with Gasteiger partial charge in [-0.3, -0.25) is 4.79 Å². The first-order chi connectivity index (χ1) is 16.2. The second-order valence-corrected chi connectivity index (χ2v) is 11.0. The number of carbonyl (C=O) groups is 1. The lowest BCUT2D eigenvalue weighted by molar-refractivity contribution is 0.112. The Labute approximate surface area is 215 Å². The summed E-state index contributed by atoms with van der Waals surface area (Å²) in [5, 5.41) is 0. The molecule has 2 heteroatoms. The molecule has 0 unspecified atom stereocenters. The second-order valence-electron chi connectivity index (χ2n) is 10.1. The zero-order valence-electron chi connectivity index (χ0n) is 22.1. The number of halogens is 1. The van der Waals surface area contributed by atoms with Gasteiger partial charge in [-0.05, 0) is 48.9 Å². The van der Waals surface area contributed by atoms with Crippen molar-refractivity contribution in [3.05, 3.63) is 33.3 Å². The summed E-state index contributed by atoms with van der Waals surface area (Å²) in [7, 11) is 0. The Balaban J connectivity index is 2.20. The highest BCUT2D eigenvalue weighted by molar-refractivity contribution is 9.10. The molecule has 1 aromatic rings. The number of aldehydes is 1. The molecule has 0 saturated heterocycles. The van der Waals surface area contributed by atoms with Gasteiger partial charge in [0.05, 0.1) is 0 Å². The minimum absolute atomic E-state index is 0.913. The molecule has 1 rings (SSSR count). The molecule has 0 spiro atoms. The summed E-state index contributed by atoms with van der Waals surface area (Å²) < 4.78 is 1.20. The Morgan fingerprint density at radius 3 is 1.30 bits per heavy atom. The lowest BCUT2D eigenvalue weighted by Crippen LogP contribution is -1.98. The van der Waals surface area contributed by atoms with Gasteiger partial charge < -0.3 is 0 Å². The summed E-state index contributed by atoms with van der Waals surface area (Å²) in [6, 6.07) is 4.37. The van der Waals surface area contributed by atoms with Gasteiger partial charge in [0.2, 0.25) is 0 Å². The Morgan fingerprint density at radius 2 is 0.909 bits per heavy atom. The van der Waals surface area contributed by atoms with Crippen LogP contribution in [0.1, 0.15) is 164 Å². The normalized spacial score (nSPS) is 11.2. The van der Waals surface area contributed by atoms with Crippen LogP contribution < -0.4 is 0 Å². The maximum Gasteiger partial charge on any atom is 0.150 e. The van der Waals surface area contributed by atoms with E-state index in [0.717, 1.165) is 24.7 Å². The van der Waals surface area contributed by atoms with E-state index in [4.69, 9.17) is 0 Å². The fourth-order valence-corrected chi connectivity index (χ4v) is 5.39. The highest BCUT2D eigenvalue weighted by Gasteiger charge is 2.08. The molecule has 33 heavy (non-hydrogen) atoms. The molecule has 190 valence electrons. The lowest BCUT2D eigenvalue weighted by Gasteiger charge is -2.11. The van der Waals surface area contributed by atoms with Crippen LogP contribution in [0.2, 0.25) is 0 Å². The fraction of sp³-hybridized carbons (Fsp3) is 0.774. The molecule has 1 aromatic carbocycles. The van der Waals surface area contributed by atoms with E-state index in [2.05, 4.69) is 41.9 Å². The highest BCUT2D eigenvalue weighted by atomic mass is 79.9. The Bertz CT molecular complexity index is 595. The van der Waals surface area contributed by atoms with Crippen LogP contribution in [-0.4, -0.2) is 6.29 Å². The van der Waals surface area contributed by atoms with Gasteiger partial charge >= 0.3 is 0 Å². The molecule has 0 aliphatic carbocycles. The second kappa shape index (κ2) is 21.9. The first-order valence-electron chi connectivity index (χ1n) is 14.5. The topological polar surface area (TPSA) is 17.1 Å². The predicted octanol–water partition coefficient (Wildman–Crippen LogP) is 11.2. The first-order valence-corrected chi connectivity index (χ1v) is 15.3. The van der Waals surface area contributed by atoms with Gasteiger partial charge in [-0.1, -0.05) is 145 Å². The average molecular weight is 522 g/mol. The third-order valence-corrected chi connectivity index (χ3v) is 7.77. The van der Waals surface area contributed by atoms with Crippen molar-refractivity contribution in [3.63, 3.8) is 0 Å². The van der Waals surface area contributed by atoms with Gasteiger partial charge in [-0.2, -0.15) is 0 Å². The van der Waals surface area contributed by atoms with E-state index in [9.17, 15) is 4.79 Å². The molecule has 0 aliphatic heterocycles. The standard InChI is InChI=1S/C31H53BrO/c1-3-5-7-9-11-13-15-17-19-21-23-28-26-31(32)29(25-30(28)27-33)24-22-20-18-16-14-12-10-8-6-4-2/h25-27H,3-24H2,1-2H3. The quantitative estimate of drug-likeness (QED) is 0.103. The minimum atomic E-state index is 0.913. The molecule has 0 heterocycles.